The van der Waals surface area contributed by atoms with Gasteiger partial charge in [-0.15, -0.1) is 0 Å². The Kier molecular flexibility index (Phi) is 19.4. The molecule has 0 aliphatic carbocycles. The van der Waals surface area contributed by atoms with Crippen molar-refractivity contribution in [2.24, 2.45) is 0 Å². The number of amides is 2. The first kappa shape index (κ1) is 41.5. The molecule has 2 fully saturated rings. The van der Waals surface area contributed by atoms with E-state index in [0.717, 1.165) is 36.8 Å². The molecule has 0 spiro atoms. The van der Waals surface area contributed by atoms with Crippen LogP contribution in [0.3, 0.4) is 0 Å². The van der Waals surface area contributed by atoms with Gasteiger partial charge in [-0.2, -0.15) is 0 Å². The minimum Gasteiger partial charge on any atom is -0.467 e. The number of methoxy groups -OCH3 is 2. The molecule has 2 aliphatic heterocycles. The van der Waals surface area contributed by atoms with Gasteiger partial charge in [0.05, 0.1) is 33.0 Å². The van der Waals surface area contributed by atoms with Crippen molar-refractivity contribution in [1.82, 2.24) is 9.80 Å². The Labute approximate surface area is 298 Å². The van der Waals surface area contributed by atoms with Crippen LogP contribution in [0.1, 0.15) is 57.6 Å². The predicted molar refractivity (Wildman–Crippen MR) is 187 cm³/mol. The Morgan fingerprint density at radius 1 is 0.694 bits per heavy atom. The highest BCUT2D eigenvalue weighted by Crippen LogP contribution is 2.24. The maximum Gasteiger partial charge on any atom is 0.410 e. The van der Waals surface area contributed by atoms with Gasteiger partial charge in [0.1, 0.15) is 13.2 Å². The van der Waals surface area contributed by atoms with Gasteiger partial charge >= 0.3 is 24.1 Å². The molecule has 2 heterocycles. The van der Waals surface area contributed by atoms with Gasteiger partial charge in [0.25, 0.3) is 0 Å². The lowest BCUT2D eigenvalue weighted by molar-refractivity contribution is -0.156. The molecular formula is C36H51BrN2O10. The summed E-state index contributed by atoms with van der Waals surface area (Å²) in [5.74, 6) is -0.946. The second-order valence-corrected chi connectivity index (χ2v) is 12.0. The van der Waals surface area contributed by atoms with Crippen molar-refractivity contribution in [1.29, 1.82) is 0 Å². The average molecular weight is 752 g/mol. The van der Waals surface area contributed by atoms with Crippen molar-refractivity contribution in [2.75, 3.05) is 45.9 Å². The quantitative estimate of drug-likeness (QED) is 0.142. The number of carbonyl (C=O) groups is 4. The molecule has 4 atom stereocenters. The van der Waals surface area contributed by atoms with Crippen LogP contribution < -0.4 is 0 Å². The van der Waals surface area contributed by atoms with E-state index < -0.39 is 36.2 Å². The molecule has 272 valence electrons. The van der Waals surface area contributed by atoms with Crippen LogP contribution in [-0.4, -0.2) is 104 Å². The molecule has 2 aromatic rings. The van der Waals surface area contributed by atoms with Crippen molar-refractivity contribution in [3.8, 4) is 0 Å². The van der Waals surface area contributed by atoms with Crippen LogP contribution in [0, 0.1) is 0 Å². The summed E-state index contributed by atoms with van der Waals surface area (Å²) in [6.07, 6.45) is 2.02. The van der Waals surface area contributed by atoms with Crippen LogP contribution in [0.15, 0.2) is 60.7 Å². The molecule has 0 saturated carbocycles. The number of ether oxygens (including phenoxy) is 6. The fourth-order valence-corrected chi connectivity index (χ4v) is 5.74. The number of hydrogen-bond donors (Lipinski definition) is 0. The van der Waals surface area contributed by atoms with Crippen LogP contribution in [0.4, 0.5) is 9.59 Å². The summed E-state index contributed by atoms with van der Waals surface area (Å²) in [7, 11) is 2.63. The molecule has 2 aliphatic rings. The average Bonchev–Trinajstić information content (AvgIpc) is 3.14. The van der Waals surface area contributed by atoms with E-state index in [1.807, 2.05) is 67.6 Å². The number of likely N-dealkylation sites (tertiary alicyclic amines) is 2. The number of alkyl halides is 1. The molecule has 0 aromatic heterocycles. The van der Waals surface area contributed by atoms with Crippen LogP contribution in [0.25, 0.3) is 0 Å². The van der Waals surface area contributed by atoms with Gasteiger partial charge in [0, 0.05) is 25.0 Å². The van der Waals surface area contributed by atoms with Gasteiger partial charge in [-0.05, 0) is 43.2 Å². The van der Waals surface area contributed by atoms with Crippen molar-refractivity contribution in [2.45, 2.75) is 84.0 Å². The van der Waals surface area contributed by atoms with Crippen molar-refractivity contribution in [3.63, 3.8) is 0 Å². The highest BCUT2D eigenvalue weighted by molar-refractivity contribution is 9.09. The second kappa shape index (κ2) is 22.9. The zero-order valence-corrected chi connectivity index (χ0v) is 29.5. The first-order valence-electron chi connectivity index (χ1n) is 16.2. The zero-order valence-electron chi connectivity index (χ0n) is 27.9. The summed E-state index contributed by atoms with van der Waals surface area (Å²) < 4.78 is 31.9. The number of piperidine rings is 2. The maximum absolute atomic E-state index is 12.5. The SMILES string of the molecule is C.CCCOC1CCCN(C(=O)OCc2ccccc2)C1C(=O)OC.COC(=O)C1C(OCCBr)CCCN1C(=O)OCc1ccccc1. The molecule has 49 heavy (non-hydrogen) atoms. The molecule has 13 heteroatoms. The summed E-state index contributed by atoms with van der Waals surface area (Å²) in [5.41, 5.74) is 1.79. The van der Waals surface area contributed by atoms with E-state index in [0.29, 0.717) is 38.1 Å². The van der Waals surface area contributed by atoms with E-state index in [1.54, 1.807) is 0 Å². The van der Waals surface area contributed by atoms with Crippen LogP contribution >= 0.6 is 15.9 Å². The highest BCUT2D eigenvalue weighted by Gasteiger charge is 2.42. The summed E-state index contributed by atoms with van der Waals surface area (Å²) in [5, 5.41) is 0.663. The minimum atomic E-state index is -0.772. The largest absolute Gasteiger partial charge is 0.467 e. The number of halogens is 1. The summed E-state index contributed by atoms with van der Waals surface area (Å²) in [6.45, 7) is 4.25. The normalized spacial score (nSPS) is 20.1. The molecule has 2 saturated heterocycles. The Hall–Kier alpha value is -3.68. The van der Waals surface area contributed by atoms with Crippen molar-refractivity contribution in [3.05, 3.63) is 71.8 Å². The predicted octanol–water partition coefficient (Wildman–Crippen LogP) is 6.13. The fourth-order valence-electron chi connectivity index (χ4n) is 5.55. The van der Waals surface area contributed by atoms with Crippen molar-refractivity contribution >= 4 is 40.1 Å². The highest BCUT2D eigenvalue weighted by atomic mass is 79.9. The summed E-state index contributed by atoms with van der Waals surface area (Å²) >= 11 is 3.30. The smallest absolute Gasteiger partial charge is 0.410 e. The standard InChI is InChI=1S/C18H25NO5.C17H22BrNO5.CH4/c1-3-12-23-15-10-7-11-19(16(15)17(20)22-2)18(21)24-13-14-8-5-4-6-9-14;1-22-16(20)15-14(23-11-9-18)8-5-10-19(15)17(21)24-12-13-6-3-2-4-7-13;/h4-6,8-9,15-16H,3,7,10-13H2,1-2H3;2-4,6-7,14-15H,5,8-12H2,1H3;1H4. The molecule has 2 aromatic carbocycles. The fraction of sp³-hybridized carbons (Fsp3) is 0.556. The monoisotopic (exact) mass is 750 g/mol. The lowest BCUT2D eigenvalue weighted by Gasteiger charge is -2.38. The first-order valence-corrected chi connectivity index (χ1v) is 17.4. The third-order valence-electron chi connectivity index (χ3n) is 7.86. The van der Waals surface area contributed by atoms with E-state index in [2.05, 4.69) is 15.9 Å². The van der Waals surface area contributed by atoms with Gasteiger partial charge in [0.15, 0.2) is 12.1 Å². The number of carbonyl (C=O) groups excluding carboxylic acids is 4. The van der Waals surface area contributed by atoms with Gasteiger partial charge < -0.3 is 28.4 Å². The lowest BCUT2D eigenvalue weighted by atomic mass is 9.99. The van der Waals surface area contributed by atoms with Gasteiger partial charge in [-0.25, -0.2) is 19.2 Å². The Balaban J connectivity index is 0.000000333. The van der Waals surface area contributed by atoms with Crippen LogP contribution in [0.2, 0.25) is 0 Å². The number of nitrogens with zero attached hydrogens (tertiary/aromatic N) is 2. The number of benzene rings is 2. The first-order chi connectivity index (χ1) is 23.3. The van der Waals surface area contributed by atoms with E-state index in [4.69, 9.17) is 28.4 Å². The van der Waals surface area contributed by atoms with Gasteiger partial charge in [-0.3, -0.25) is 9.80 Å². The third kappa shape index (κ3) is 12.9. The molecule has 2 amide bonds. The minimum absolute atomic E-state index is 0. The van der Waals surface area contributed by atoms with E-state index >= 15 is 0 Å². The molecule has 0 bridgehead atoms. The summed E-state index contributed by atoms with van der Waals surface area (Å²) in [6, 6.07) is 17.3. The van der Waals surface area contributed by atoms with Crippen LogP contribution in [-0.2, 0) is 51.2 Å². The Morgan fingerprint density at radius 3 is 1.47 bits per heavy atom. The molecule has 0 N–H and O–H groups in total. The van der Waals surface area contributed by atoms with Crippen LogP contribution in [0.5, 0.6) is 0 Å². The lowest BCUT2D eigenvalue weighted by Crippen LogP contribution is -2.56. The van der Waals surface area contributed by atoms with Gasteiger partial charge in [0.2, 0.25) is 0 Å². The molecule has 4 rings (SSSR count). The third-order valence-corrected chi connectivity index (χ3v) is 8.18. The van der Waals surface area contributed by atoms with E-state index in [9.17, 15) is 19.2 Å². The van der Waals surface area contributed by atoms with E-state index in [1.165, 1.54) is 24.0 Å². The zero-order chi connectivity index (χ0) is 34.7. The Bertz CT molecular complexity index is 1170. The molecule has 0 radical (unpaired) electrons. The van der Waals surface area contributed by atoms with Gasteiger partial charge in [-0.1, -0.05) is 90.9 Å². The number of hydrogen-bond acceptors (Lipinski definition) is 10. The van der Waals surface area contributed by atoms with E-state index in [-0.39, 0.29) is 32.8 Å². The topological polar surface area (TPSA) is 130 Å². The van der Waals surface area contributed by atoms with Crippen molar-refractivity contribution < 1.29 is 47.6 Å². The molecular weight excluding hydrogens is 700 g/mol. The molecule has 12 nitrogen and oxygen atoms in total. The Morgan fingerprint density at radius 2 is 1.10 bits per heavy atom. The molecule has 4 unspecified atom stereocenters. The summed E-state index contributed by atoms with van der Waals surface area (Å²) in [4.78, 5) is 52.1. The number of rotatable bonds is 12. The number of esters is 2. The second-order valence-electron chi connectivity index (χ2n) is 11.2. The maximum atomic E-state index is 12.5.